The van der Waals surface area contributed by atoms with Gasteiger partial charge in [-0.2, -0.15) is 0 Å². The third-order valence-electron chi connectivity index (χ3n) is 4.65. The molecule has 0 spiro atoms. The van der Waals surface area contributed by atoms with Crippen LogP contribution in [-0.2, 0) is 0 Å². The smallest absolute Gasteiger partial charge is 0.289 e. The minimum Gasteiger partial charge on any atom is -0.459 e. The number of piperidine rings is 1. The van der Waals surface area contributed by atoms with Crippen molar-refractivity contribution in [2.24, 2.45) is 0 Å². The first-order chi connectivity index (χ1) is 13.2. The highest BCUT2D eigenvalue weighted by Crippen LogP contribution is 2.20. The van der Waals surface area contributed by atoms with Gasteiger partial charge in [0.1, 0.15) is 0 Å². The minimum atomic E-state index is -0.267. The van der Waals surface area contributed by atoms with E-state index in [9.17, 15) is 9.59 Å². The number of nitrogens with zero attached hydrogens (tertiary/aromatic N) is 2. The quantitative estimate of drug-likeness (QED) is 0.768. The number of benzene rings is 1. The Hall–Kier alpha value is -3.35. The van der Waals surface area contributed by atoms with Crippen molar-refractivity contribution in [3.63, 3.8) is 0 Å². The summed E-state index contributed by atoms with van der Waals surface area (Å²) in [4.78, 5) is 26.4. The molecule has 138 valence electrons. The summed E-state index contributed by atoms with van der Waals surface area (Å²) in [6, 6.07) is 14.5. The summed E-state index contributed by atoms with van der Waals surface area (Å²) in [6.07, 6.45) is 2.85. The highest BCUT2D eigenvalue weighted by atomic mass is 16.5. The number of aromatic nitrogens is 1. The van der Waals surface area contributed by atoms with Crippen LogP contribution in [-0.4, -0.2) is 41.0 Å². The average Bonchev–Trinajstić information content (AvgIpc) is 3.41. The zero-order valence-corrected chi connectivity index (χ0v) is 14.6. The highest BCUT2D eigenvalue weighted by Gasteiger charge is 2.26. The molecule has 1 saturated heterocycles. The fourth-order valence-electron chi connectivity index (χ4n) is 3.16. The van der Waals surface area contributed by atoms with Crippen LogP contribution >= 0.6 is 0 Å². The summed E-state index contributed by atoms with van der Waals surface area (Å²) in [6.45, 7) is 1.14. The predicted octanol–water partition coefficient (Wildman–Crippen LogP) is 2.97. The van der Waals surface area contributed by atoms with Crippen molar-refractivity contribution in [2.75, 3.05) is 13.1 Å². The molecular formula is C20H19N3O4. The van der Waals surface area contributed by atoms with Gasteiger partial charge in [0.15, 0.2) is 17.2 Å². The molecule has 3 aromatic rings. The first-order valence-corrected chi connectivity index (χ1v) is 8.86. The summed E-state index contributed by atoms with van der Waals surface area (Å²) >= 11 is 0. The van der Waals surface area contributed by atoms with E-state index in [-0.39, 0.29) is 23.6 Å². The van der Waals surface area contributed by atoms with Crippen molar-refractivity contribution in [3.05, 3.63) is 66.2 Å². The van der Waals surface area contributed by atoms with Gasteiger partial charge < -0.3 is 19.2 Å². The van der Waals surface area contributed by atoms with Gasteiger partial charge in [-0.1, -0.05) is 35.5 Å². The lowest BCUT2D eigenvalue weighted by atomic mass is 10.0. The molecule has 0 atom stereocenters. The summed E-state index contributed by atoms with van der Waals surface area (Å²) in [5, 5.41) is 6.84. The maximum Gasteiger partial charge on any atom is 0.289 e. The Kier molecular flexibility index (Phi) is 4.74. The molecule has 2 aromatic heterocycles. The molecule has 1 aliphatic heterocycles. The van der Waals surface area contributed by atoms with Crippen LogP contribution in [0.2, 0.25) is 0 Å². The molecule has 0 saturated carbocycles. The number of hydrogen-bond donors (Lipinski definition) is 1. The SMILES string of the molecule is O=C(NC1CCN(C(=O)c2ccco2)CC1)c1cc(-c2ccccc2)on1. The fraction of sp³-hybridized carbons (Fsp3) is 0.250. The minimum absolute atomic E-state index is 0.00461. The molecule has 1 aliphatic rings. The number of furan rings is 1. The number of hydrogen-bond acceptors (Lipinski definition) is 5. The van der Waals surface area contributed by atoms with Crippen molar-refractivity contribution in [1.29, 1.82) is 0 Å². The number of rotatable bonds is 4. The lowest BCUT2D eigenvalue weighted by molar-refractivity contribution is 0.0667. The van der Waals surface area contributed by atoms with Gasteiger partial charge in [-0.25, -0.2) is 0 Å². The van der Waals surface area contributed by atoms with E-state index in [2.05, 4.69) is 10.5 Å². The van der Waals surface area contributed by atoms with Crippen molar-refractivity contribution < 1.29 is 18.5 Å². The summed E-state index contributed by atoms with van der Waals surface area (Å²) in [5.41, 5.74) is 1.12. The summed E-state index contributed by atoms with van der Waals surface area (Å²) in [7, 11) is 0. The number of carbonyl (C=O) groups excluding carboxylic acids is 2. The van der Waals surface area contributed by atoms with E-state index in [1.807, 2.05) is 30.3 Å². The Labute approximate surface area is 155 Å². The summed E-state index contributed by atoms with van der Waals surface area (Å²) < 4.78 is 10.4. The van der Waals surface area contributed by atoms with Crippen LogP contribution in [0, 0.1) is 0 Å². The van der Waals surface area contributed by atoms with Gasteiger partial charge in [0.05, 0.1) is 6.26 Å². The number of carbonyl (C=O) groups is 2. The van der Waals surface area contributed by atoms with E-state index in [4.69, 9.17) is 8.94 Å². The van der Waals surface area contributed by atoms with Crippen molar-refractivity contribution in [3.8, 4) is 11.3 Å². The largest absolute Gasteiger partial charge is 0.459 e. The molecule has 4 rings (SSSR count). The molecule has 3 heterocycles. The van der Waals surface area contributed by atoms with Gasteiger partial charge in [-0.3, -0.25) is 9.59 Å². The Morgan fingerprint density at radius 1 is 1.07 bits per heavy atom. The predicted molar refractivity (Wildman–Crippen MR) is 97.0 cm³/mol. The van der Waals surface area contributed by atoms with Gasteiger partial charge in [0.2, 0.25) is 0 Å². The van der Waals surface area contributed by atoms with Crippen LogP contribution in [0.3, 0.4) is 0 Å². The molecule has 27 heavy (non-hydrogen) atoms. The fourth-order valence-corrected chi connectivity index (χ4v) is 3.16. The molecule has 0 radical (unpaired) electrons. The van der Waals surface area contributed by atoms with Gasteiger partial charge in [0, 0.05) is 30.8 Å². The van der Waals surface area contributed by atoms with Crippen LogP contribution in [0.4, 0.5) is 0 Å². The van der Waals surface area contributed by atoms with Gasteiger partial charge >= 0.3 is 0 Å². The molecule has 0 bridgehead atoms. The van der Waals surface area contributed by atoms with Crippen LogP contribution < -0.4 is 5.32 Å². The van der Waals surface area contributed by atoms with Gasteiger partial charge in [0.25, 0.3) is 11.8 Å². The second kappa shape index (κ2) is 7.49. The van der Waals surface area contributed by atoms with E-state index in [1.165, 1.54) is 6.26 Å². The molecule has 2 amide bonds. The molecule has 1 N–H and O–H groups in total. The maximum atomic E-state index is 12.4. The normalized spacial score (nSPS) is 14.9. The molecular weight excluding hydrogens is 346 g/mol. The number of likely N-dealkylation sites (tertiary alicyclic amines) is 1. The maximum absolute atomic E-state index is 12.4. The Morgan fingerprint density at radius 2 is 1.85 bits per heavy atom. The zero-order valence-electron chi connectivity index (χ0n) is 14.6. The van der Waals surface area contributed by atoms with Crippen LogP contribution in [0.15, 0.2) is 63.7 Å². The second-order valence-electron chi connectivity index (χ2n) is 6.46. The topological polar surface area (TPSA) is 88.6 Å². The van der Waals surface area contributed by atoms with E-state index >= 15 is 0 Å². The van der Waals surface area contributed by atoms with E-state index < -0.39 is 0 Å². The third-order valence-corrected chi connectivity index (χ3v) is 4.65. The van der Waals surface area contributed by atoms with E-state index in [1.54, 1.807) is 23.1 Å². The molecule has 1 aromatic carbocycles. The molecule has 1 fully saturated rings. The molecule has 7 heteroatoms. The first kappa shape index (κ1) is 17.1. The Morgan fingerprint density at radius 3 is 2.56 bits per heavy atom. The number of amides is 2. The van der Waals surface area contributed by atoms with Gasteiger partial charge in [-0.05, 0) is 25.0 Å². The lowest BCUT2D eigenvalue weighted by Crippen LogP contribution is -2.46. The van der Waals surface area contributed by atoms with Crippen molar-refractivity contribution in [2.45, 2.75) is 18.9 Å². The lowest BCUT2D eigenvalue weighted by Gasteiger charge is -2.31. The highest BCUT2D eigenvalue weighted by molar-refractivity contribution is 5.93. The zero-order chi connectivity index (χ0) is 18.6. The van der Waals surface area contributed by atoms with Crippen LogP contribution in [0.5, 0.6) is 0 Å². The van der Waals surface area contributed by atoms with E-state index in [0.29, 0.717) is 37.5 Å². The monoisotopic (exact) mass is 365 g/mol. The standard InChI is InChI=1S/C20H19N3O4/c24-19(16-13-18(27-22-16)14-5-2-1-3-6-14)21-15-8-10-23(11-9-15)20(25)17-7-4-12-26-17/h1-7,12-13,15H,8-11H2,(H,21,24). The summed E-state index contributed by atoms with van der Waals surface area (Å²) in [5.74, 6) is 0.513. The Balaban J connectivity index is 1.32. The van der Waals surface area contributed by atoms with Crippen molar-refractivity contribution in [1.82, 2.24) is 15.4 Å². The van der Waals surface area contributed by atoms with Gasteiger partial charge in [-0.15, -0.1) is 0 Å². The first-order valence-electron chi connectivity index (χ1n) is 8.86. The molecule has 0 aliphatic carbocycles. The van der Waals surface area contributed by atoms with Crippen LogP contribution in [0.1, 0.15) is 33.9 Å². The van der Waals surface area contributed by atoms with E-state index in [0.717, 1.165) is 5.56 Å². The van der Waals surface area contributed by atoms with Crippen molar-refractivity contribution >= 4 is 11.8 Å². The van der Waals surface area contributed by atoms with Crippen LogP contribution in [0.25, 0.3) is 11.3 Å². The number of nitrogens with one attached hydrogen (secondary N) is 1. The molecule has 7 nitrogen and oxygen atoms in total. The second-order valence-corrected chi connectivity index (χ2v) is 6.46. The molecule has 0 unspecified atom stereocenters. The Bertz CT molecular complexity index is 910. The third kappa shape index (κ3) is 3.76. The average molecular weight is 365 g/mol.